The largest absolute Gasteiger partial charge is 0.507 e. The minimum Gasteiger partial charge on any atom is -0.507 e. The van der Waals surface area contributed by atoms with E-state index in [2.05, 4.69) is 5.10 Å². The van der Waals surface area contributed by atoms with E-state index < -0.39 is 58.1 Å². The first-order valence-corrected chi connectivity index (χ1v) is 6.88. The predicted molar refractivity (Wildman–Crippen MR) is 72.9 cm³/mol. The number of hydrazone groups is 1. The molecule has 1 amide bonds. The Morgan fingerprint density at radius 1 is 1.15 bits per heavy atom. The number of carbonyl (C=O) groups excluding carboxylic acids is 1. The van der Waals surface area contributed by atoms with Crippen LogP contribution in [0.25, 0.3) is 0 Å². The number of alkyl halides is 7. The van der Waals surface area contributed by atoms with Crippen LogP contribution < -0.4 is 0 Å². The lowest BCUT2D eigenvalue weighted by atomic mass is 9.93. The molecule has 0 fully saturated rings. The Labute approximate surface area is 141 Å². The van der Waals surface area contributed by atoms with Gasteiger partial charge in [-0.1, -0.05) is 12.1 Å². The summed E-state index contributed by atoms with van der Waals surface area (Å²) in [6.45, 7) is 0.949. The molecule has 0 saturated heterocycles. The average molecular weight is 388 g/mol. The van der Waals surface area contributed by atoms with Gasteiger partial charge in [0.25, 0.3) is 5.91 Å². The van der Waals surface area contributed by atoms with Crippen LogP contribution in [-0.2, 0) is 0 Å². The third-order valence-electron chi connectivity index (χ3n) is 3.70. The van der Waals surface area contributed by atoms with E-state index in [0.717, 1.165) is 19.1 Å². The topological polar surface area (TPSA) is 73.1 Å². The molecule has 1 heterocycles. The monoisotopic (exact) mass is 388 g/mol. The molecule has 1 atom stereocenters. The molecule has 1 aromatic carbocycles. The standard InChI is InChI=1S/C14H11F7N2O3/c1-7-6-11(26,12(15,16)13(17,18)14(19,20)21)23(22-7)10(25)8-4-2-3-5-9(8)24/h2-5,24,26H,6H2,1H3/t11-/m1/s1. The summed E-state index contributed by atoms with van der Waals surface area (Å²) in [5, 5.41) is 22.2. The van der Waals surface area contributed by atoms with Gasteiger partial charge in [0.05, 0.1) is 5.56 Å². The van der Waals surface area contributed by atoms with Crippen molar-refractivity contribution in [2.75, 3.05) is 0 Å². The van der Waals surface area contributed by atoms with Crippen LogP contribution >= 0.6 is 0 Å². The number of aromatic hydroxyl groups is 1. The molecule has 1 aliphatic rings. The summed E-state index contributed by atoms with van der Waals surface area (Å²) in [4.78, 5) is 12.3. The minimum atomic E-state index is -6.70. The molecule has 0 bridgehead atoms. The molecule has 0 saturated carbocycles. The van der Waals surface area contributed by atoms with Crippen molar-refractivity contribution in [1.82, 2.24) is 5.01 Å². The fraction of sp³-hybridized carbons (Fsp3) is 0.429. The molecular formula is C14H11F7N2O3. The Morgan fingerprint density at radius 2 is 1.69 bits per heavy atom. The van der Waals surface area contributed by atoms with Gasteiger partial charge in [0.2, 0.25) is 5.72 Å². The van der Waals surface area contributed by atoms with Gasteiger partial charge < -0.3 is 10.2 Å². The van der Waals surface area contributed by atoms with Gasteiger partial charge >= 0.3 is 18.0 Å². The summed E-state index contributed by atoms with van der Waals surface area (Å²) in [5.74, 6) is -15.3. The number of hydrogen-bond acceptors (Lipinski definition) is 4. The molecule has 2 rings (SSSR count). The van der Waals surface area contributed by atoms with Crippen LogP contribution in [0.15, 0.2) is 29.4 Å². The highest BCUT2D eigenvalue weighted by Crippen LogP contribution is 2.54. The van der Waals surface area contributed by atoms with Crippen LogP contribution in [0.4, 0.5) is 30.7 Å². The number of para-hydroxylation sites is 1. The van der Waals surface area contributed by atoms with Gasteiger partial charge in [-0.3, -0.25) is 4.79 Å². The Morgan fingerprint density at radius 3 is 2.19 bits per heavy atom. The number of phenolic OH excluding ortho intramolecular Hbond substituents is 1. The van der Waals surface area contributed by atoms with Crippen molar-refractivity contribution in [3.63, 3.8) is 0 Å². The third kappa shape index (κ3) is 2.68. The van der Waals surface area contributed by atoms with E-state index >= 15 is 0 Å². The molecule has 2 N–H and O–H groups in total. The zero-order valence-electron chi connectivity index (χ0n) is 12.9. The van der Waals surface area contributed by atoms with Crippen LogP contribution in [0.1, 0.15) is 23.7 Å². The highest BCUT2D eigenvalue weighted by Gasteiger charge is 2.82. The smallest absolute Gasteiger partial charge is 0.460 e. The number of aliphatic hydroxyl groups is 1. The number of halogens is 7. The summed E-state index contributed by atoms with van der Waals surface area (Å²) in [5.41, 5.74) is -5.51. The van der Waals surface area contributed by atoms with E-state index in [1.165, 1.54) is 12.1 Å². The van der Waals surface area contributed by atoms with Gasteiger partial charge in [0.1, 0.15) is 5.75 Å². The first kappa shape index (κ1) is 19.9. The number of hydrogen-bond donors (Lipinski definition) is 2. The summed E-state index contributed by atoms with van der Waals surface area (Å²) in [6.07, 6.45) is -8.16. The van der Waals surface area contributed by atoms with E-state index in [4.69, 9.17) is 0 Å². The highest BCUT2D eigenvalue weighted by molar-refractivity contribution is 5.99. The maximum Gasteiger partial charge on any atom is 0.460 e. The zero-order chi connectivity index (χ0) is 20.1. The van der Waals surface area contributed by atoms with Crippen molar-refractivity contribution in [3.8, 4) is 5.75 Å². The van der Waals surface area contributed by atoms with Crippen molar-refractivity contribution in [3.05, 3.63) is 29.8 Å². The molecule has 0 aromatic heterocycles. The maximum atomic E-state index is 14.1. The summed E-state index contributed by atoms with van der Waals surface area (Å²) in [6, 6.07) is 4.24. The number of carbonyl (C=O) groups is 1. The first-order chi connectivity index (χ1) is 11.7. The van der Waals surface area contributed by atoms with E-state index in [1.54, 1.807) is 0 Å². The minimum absolute atomic E-state index is 0.492. The molecule has 12 heteroatoms. The van der Waals surface area contributed by atoms with E-state index in [-0.39, 0.29) is 0 Å². The van der Waals surface area contributed by atoms with Crippen molar-refractivity contribution >= 4 is 11.6 Å². The Kier molecular flexibility index (Phi) is 4.47. The van der Waals surface area contributed by atoms with Crippen LogP contribution in [0, 0.1) is 0 Å². The van der Waals surface area contributed by atoms with Crippen LogP contribution in [-0.4, -0.2) is 50.6 Å². The van der Waals surface area contributed by atoms with Crippen molar-refractivity contribution in [2.24, 2.45) is 5.10 Å². The fourth-order valence-corrected chi connectivity index (χ4v) is 2.38. The van der Waals surface area contributed by atoms with Gasteiger partial charge in [0, 0.05) is 12.1 Å². The number of nitrogens with zero attached hydrogens (tertiary/aromatic N) is 2. The molecule has 1 aromatic rings. The highest BCUT2D eigenvalue weighted by atomic mass is 19.4. The third-order valence-corrected chi connectivity index (χ3v) is 3.70. The molecule has 0 unspecified atom stereocenters. The zero-order valence-corrected chi connectivity index (χ0v) is 12.9. The lowest BCUT2D eigenvalue weighted by Gasteiger charge is -2.41. The van der Waals surface area contributed by atoms with E-state index in [0.29, 0.717) is 0 Å². The second kappa shape index (κ2) is 5.83. The molecule has 5 nitrogen and oxygen atoms in total. The predicted octanol–water partition coefficient (Wildman–Crippen LogP) is 3.14. The number of rotatable bonds is 3. The molecule has 1 aliphatic heterocycles. The van der Waals surface area contributed by atoms with Crippen LogP contribution in [0.2, 0.25) is 0 Å². The fourth-order valence-electron chi connectivity index (χ4n) is 2.38. The second-order valence-electron chi connectivity index (χ2n) is 5.61. The van der Waals surface area contributed by atoms with E-state index in [1.807, 2.05) is 0 Å². The Hall–Kier alpha value is -2.37. The molecule has 26 heavy (non-hydrogen) atoms. The van der Waals surface area contributed by atoms with Crippen molar-refractivity contribution in [1.29, 1.82) is 0 Å². The molecule has 0 aliphatic carbocycles. The van der Waals surface area contributed by atoms with Gasteiger partial charge in [-0.15, -0.1) is 0 Å². The number of phenols is 1. The lowest BCUT2D eigenvalue weighted by Crippen LogP contribution is -2.69. The molecule has 144 valence electrons. The first-order valence-electron chi connectivity index (χ1n) is 6.88. The summed E-state index contributed by atoms with van der Waals surface area (Å²) >= 11 is 0. The Balaban J connectivity index is 2.57. The van der Waals surface area contributed by atoms with Gasteiger partial charge in [-0.25, -0.2) is 0 Å². The lowest BCUT2D eigenvalue weighted by molar-refractivity contribution is -0.400. The normalized spacial score (nSPS) is 21.7. The summed E-state index contributed by atoms with van der Waals surface area (Å²) in [7, 11) is 0. The summed E-state index contributed by atoms with van der Waals surface area (Å²) < 4.78 is 92.4. The quantitative estimate of drug-likeness (QED) is 0.782. The van der Waals surface area contributed by atoms with Gasteiger partial charge in [-0.2, -0.15) is 40.8 Å². The molecule has 0 spiro atoms. The molecule has 0 radical (unpaired) electrons. The van der Waals surface area contributed by atoms with Crippen LogP contribution in [0.5, 0.6) is 5.75 Å². The van der Waals surface area contributed by atoms with E-state index in [9.17, 15) is 45.7 Å². The van der Waals surface area contributed by atoms with Crippen molar-refractivity contribution < 1.29 is 45.7 Å². The second-order valence-corrected chi connectivity index (χ2v) is 5.61. The SMILES string of the molecule is CC1=NN(C(=O)c2ccccc2O)[C@](O)(C(F)(F)C(F)(F)C(F)(F)F)C1. The average Bonchev–Trinajstić information content (AvgIpc) is 2.82. The maximum absolute atomic E-state index is 14.1. The number of benzene rings is 1. The van der Waals surface area contributed by atoms with Gasteiger partial charge in [0.15, 0.2) is 0 Å². The van der Waals surface area contributed by atoms with Crippen LogP contribution in [0.3, 0.4) is 0 Å². The number of amides is 1. The van der Waals surface area contributed by atoms with Crippen molar-refractivity contribution in [2.45, 2.75) is 37.1 Å². The molecular weight excluding hydrogens is 377 g/mol. The van der Waals surface area contributed by atoms with Gasteiger partial charge in [-0.05, 0) is 19.1 Å². The Bertz CT molecular complexity index is 763.